The number of carbonyl (C=O) groups excluding carboxylic acids is 2. The average Bonchev–Trinajstić information content (AvgIpc) is 3.37. The minimum absolute atomic E-state index is 0.120. The Labute approximate surface area is 156 Å². The van der Waals surface area contributed by atoms with Crippen LogP contribution in [0.4, 0.5) is 0 Å². The van der Waals surface area contributed by atoms with Crippen LogP contribution in [0.1, 0.15) is 35.6 Å². The fourth-order valence-electron chi connectivity index (χ4n) is 3.53. The van der Waals surface area contributed by atoms with E-state index in [1.54, 1.807) is 17.0 Å². The SMILES string of the molecule is O=C(NCCc1nc2ccccc2[nH]1)C1CCCCN1C(=O)c1ccco1. The van der Waals surface area contributed by atoms with Gasteiger partial charge < -0.3 is 19.6 Å². The molecule has 7 nitrogen and oxygen atoms in total. The molecule has 140 valence electrons. The van der Waals surface area contributed by atoms with Crippen LogP contribution in [-0.4, -0.2) is 45.8 Å². The fraction of sp³-hybridized carbons (Fsp3) is 0.350. The summed E-state index contributed by atoms with van der Waals surface area (Å²) in [4.78, 5) is 34.7. The third-order valence-corrected chi connectivity index (χ3v) is 4.90. The summed E-state index contributed by atoms with van der Waals surface area (Å²) in [7, 11) is 0. The Hall–Kier alpha value is -3.09. The highest BCUT2D eigenvalue weighted by atomic mass is 16.3. The van der Waals surface area contributed by atoms with Crippen LogP contribution in [-0.2, 0) is 11.2 Å². The molecule has 3 aromatic rings. The lowest BCUT2D eigenvalue weighted by Gasteiger charge is -2.34. The molecule has 1 fully saturated rings. The molecule has 2 N–H and O–H groups in total. The largest absolute Gasteiger partial charge is 0.459 e. The highest BCUT2D eigenvalue weighted by Gasteiger charge is 2.33. The van der Waals surface area contributed by atoms with E-state index in [4.69, 9.17) is 4.42 Å². The molecule has 1 aliphatic heterocycles. The summed E-state index contributed by atoms with van der Waals surface area (Å²) in [5, 5.41) is 2.95. The molecule has 0 aliphatic carbocycles. The molecule has 1 aliphatic rings. The van der Waals surface area contributed by atoms with Crippen molar-refractivity contribution < 1.29 is 14.0 Å². The molecule has 0 spiro atoms. The number of carbonyl (C=O) groups is 2. The molecular formula is C20H22N4O3. The average molecular weight is 366 g/mol. The van der Waals surface area contributed by atoms with Gasteiger partial charge in [0.05, 0.1) is 17.3 Å². The van der Waals surface area contributed by atoms with Gasteiger partial charge in [0.2, 0.25) is 5.91 Å². The maximum absolute atomic E-state index is 12.7. The van der Waals surface area contributed by atoms with Gasteiger partial charge >= 0.3 is 0 Å². The maximum atomic E-state index is 12.7. The van der Waals surface area contributed by atoms with E-state index in [9.17, 15) is 9.59 Å². The molecule has 4 rings (SSSR count). The van der Waals surface area contributed by atoms with E-state index in [0.29, 0.717) is 25.9 Å². The van der Waals surface area contributed by atoms with Gasteiger partial charge in [0.25, 0.3) is 5.91 Å². The molecular weight excluding hydrogens is 344 g/mol. The van der Waals surface area contributed by atoms with E-state index in [0.717, 1.165) is 29.7 Å². The van der Waals surface area contributed by atoms with E-state index >= 15 is 0 Å². The lowest BCUT2D eigenvalue weighted by atomic mass is 10.0. The molecule has 1 atom stereocenters. The summed E-state index contributed by atoms with van der Waals surface area (Å²) < 4.78 is 5.21. The Morgan fingerprint density at radius 1 is 1.22 bits per heavy atom. The Balaban J connectivity index is 1.36. The van der Waals surface area contributed by atoms with Crippen LogP contribution in [0.3, 0.4) is 0 Å². The second-order valence-corrected chi connectivity index (χ2v) is 6.73. The van der Waals surface area contributed by atoms with Crippen molar-refractivity contribution in [2.75, 3.05) is 13.1 Å². The van der Waals surface area contributed by atoms with Crippen molar-refractivity contribution in [2.45, 2.75) is 31.7 Å². The zero-order chi connectivity index (χ0) is 18.6. The number of aromatic amines is 1. The molecule has 0 radical (unpaired) electrons. The summed E-state index contributed by atoms with van der Waals surface area (Å²) in [6.07, 6.45) is 4.58. The van der Waals surface area contributed by atoms with Gasteiger partial charge in [0, 0.05) is 19.5 Å². The smallest absolute Gasteiger partial charge is 0.290 e. The summed E-state index contributed by atoms with van der Waals surface area (Å²) in [6.45, 7) is 1.04. The van der Waals surface area contributed by atoms with Gasteiger partial charge in [-0.2, -0.15) is 0 Å². The molecule has 1 saturated heterocycles. The van der Waals surface area contributed by atoms with Crippen molar-refractivity contribution in [3.63, 3.8) is 0 Å². The van der Waals surface area contributed by atoms with Gasteiger partial charge in [-0.3, -0.25) is 9.59 Å². The lowest BCUT2D eigenvalue weighted by molar-refractivity contribution is -0.126. The Bertz CT molecular complexity index is 899. The number of nitrogens with one attached hydrogen (secondary N) is 2. The molecule has 2 amide bonds. The number of H-pyrrole nitrogens is 1. The topological polar surface area (TPSA) is 91.2 Å². The number of para-hydroxylation sites is 2. The van der Waals surface area contributed by atoms with Crippen molar-refractivity contribution in [1.29, 1.82) is 0 Å². The number of imidazole rings is 1. The Kier molecular flexibility index (Phi) is 4.91. The molecule has 7 heteroatoms. The predicted molar refractivity (Wildman–Crippen MR) is 100 cm³/mol. The molecule has 27 heavy (non-hydrogen) atoms. The predicted octanol–water partition coefficient (Wildman–Crippen LogP) is 2.51. The van der Waals surface area contributed by atoms with Crippen molar-refractivity contribution in [2.24, 2.45) is 0 Å². The normalized spacial score (nSPS) is 17.2. The van der Waals surface area contributed by atoms with Crippen LogP contribution in [0.2, 0.25) is 0 Å². The third-order valence-electron chi connectivity index (χ3n) is 4.90. The van der Waals surface area contributed by atoms with Crippen molar-refractivity contribution in [3.8, 4) is 0 Å². The molecule has 2 aromatic heterocycles. The molecule has 3 heterocycles. The summed E-state index contributed by atoms with van der Waals surface area (Å²) >= 11 is 0. The Morgan fingerprint density at radius 3 is 2.93 bits per heavy atom. The lowest BCUT2D eigenvalue weighted by Crippen LogP contribution is -2.52. The first-order chi connectivity index (χ1) is 13.2. The van der Waals surface area contributed by atoms with E-state index in [2.05, 4.69) is 15.3 Å². The minimum atomic E-state index is -0.452. The van der Waals surface area contributed by atoms with Crippen LogP contribution < -0.4 is 5.32 Å². The maximum Gasteiger partial charge on any atom is 0.290 e. The molecule has 1 aromatic carbocycles. The third kappa shape index (κ3) is 3.72. The van der Waals surface area contributed by atoms with Gasteiger partial charge in [0.15, 0.2) is 5.76 Å². The second kappa shape index (κ2) is 7.65. The number of aromatic nitrogens is 2. The number of benzene rings is 1. The molecule has 1 unspecified atom stereocenters. The van der Waals surface area contributed by atoms with Gasteiger partial charge in [-0.1, -0.05) is 12.1 Å². The van der Waals surface area contributed by atoms with E-state index < -0.39 is 6.04 Å². The van der Waals surface area contributed by atoms with Crippen molar-refractivity contribution in [3.05, 3.63) is 54.2 Å². The first-order valence-corrected chi connectivity index (χ1v) is 9.28. The fourth-order valence-corrected chi connectivity index (χ4v) is 3.53. The van der Waals surface area contributed by atoms with Crippen LogP contribution in [0.5, 0.6) is 0 Å². The van der Waals surface area contributed by atoms with Gasteiger partial charge in [-0.25, -0.2) is 4.98 Å². The number of amides is 2. The van der Waals surface area contributed by atoms with Crippen LogP contribution in [0, 0.1) is 0 Å². The van der Waals surface area contributed by atoms with Crippen LogP contribution in [0.25, 0.3) is 11.0 Å². The van der Waals surface area contributed by atoms with E-state index in [1.165, 1.54) is 6.26 Å². The standard InChI is InChI=1S/C20H22N4O3/c25-19(21-11-10-18-22-14-6-1-2-7-15(14)23-18)16-8-3-4-12-24(16)20(26)17-9-5-13-27-17/h1-2,5-7,9,13,16H,3-4,8,10-12H2,(H,21,25)(H,22,23). The number of piperidine rings is 1. The number of fused-ring (bicyclic) bond motifs is 1. The van der Waals surface area contributed by atoms with Crippen molar-refractivity contribution in [1.82, 2.24) is 20.2 Å². The summed E-state index contributed by atoms with van der Waals surface area (Å²) in [5.41, 5.74) is 1.91. The zero-order valence-electron chi connectivity index (χ0n) is 15.0. The number of rotatable bonds is 5. The quantitative estimate of drug-likeness (QED) is 0.726. The van der Waals surface area contributed by atoms with Gasteiger partial charge in [-0.15, -0.1) is 0 Å². The molecule has 0 bridgehead atoms. The highest BCUT2D eigenvalue weighted by molar-refractivity contribution is 5.95. The number of hydrogen-bond acceptors (Lipinski definition) is 4. The number of likely N-dealkylation sites (tertiary alicyclic amines) is 1. The highest BCUT2D eigenvalue weighted by Crippen LogP contribution is 2.20. The summed E-state index contributed by atoms with van der Waals surface area (Å²) in [5.74, 6) is 0.767. The van der Waals surface area contributed by atoms with Crippen LogP contribution >= 0.6 is 0 Å². The number of nitrogens with zero attached hydrogens (tertiary/aromatic N) is 2. The van der Waals surface area contributed by atoms with Crippen molar-refractivity contribution >= 4 is 22.8 Å². The molecule has 0 saturated carbocycles. The van der Waals surface area contributed by atoms with E-state index in [1.807, 2.05) is 24.3 Å². The first-order valence-electron chi connectivity index (χ1n) is 9.28. The van der Waals surface area contributed by atoms with Gasteiger partial charge in [0.1, 0.15) is 11.9 Å². The number of furan rings is 1. The monoisotopic (exact) mass is 366 g/mol. The van der Waals surface area contributed by atoms with Crippen LogP contribution in [0.15, 0.2) is 47.1 Å². The Morgan fingerprint density at radius 2 is 2.11 bits per heavy atom. The van der Waals surface area contributed by atoms with E-state index in [-0.39, 0.29) is 17.6 Å². The minimum Gasteiger partial charge on any atom is -0.459 e. The van der Waals surface area contributed by atoms with Gasteiger partial charge in [-0.05, 0) is 43.5 Å². The first kappa shape index (κ1) is 17.3. The number of hydrogen-bond donors (Lipinski definition) is 2. The summed E-state index contributed by atoms with van der Waals surface area (Å²) in [6, 6.07) is 10.7. The zero-order valence-corrected chi connectivity index (χ0v) is 15.0. The second-order valence-electron chi connectivity index (χ2n) is 6.73.